The minimum absolute atomic E-state index is 0.0119. The minimum Gasteiger partial charge on any atom is -0.497 e. The monoisotopic (exact) mass is 672 g/mol. The molecule has 0 heterocycles. The van der Waals surface area contributed by atoms with E-state index in [1.54, 1.807) is 60.6 Å². The van der Waals surface area contributed by atoms with Crippen molar-refractivity contribution in [3.63, 3.8) is 0 Å². The van der Waals surface area contributed by atoms with E-state index in [0.29, 0.717) is 11.3 Å². The molecule has 0 spiro atoms. The summed E-state index contributed by atoms with van der Waals surface area (Å²) in [5.74, 6) is -1.90. The number of methoxy groups -OCH3 is 2. The molecule has 258 valence electrons. The fraction of sp³-hybridized carbons (Fsp3) is 0.278. The first kappa shape index (κ1) is 37.5. The van der Waals surface area contributed by atoms with Gasteiger partial charge in [-0.25, -0.2) is 4.79 Å². The Morgan fingerprint density at radius 1 is 0.918 bits per heavy atom. The van der Waals surface area contributed by atoms with Gasteiger partial charge in [-0.15, -0.1) is 6.58 Å². The number of esters is 1. The maximum Gasteiger partial charge on any atom is 0.328 e. The van der Waals surface area contributed by atoms with E-state index in [1.807, 2.05) is 12.1 Å². The third-order valence-corrected chi connectivity index (χ3v) is 7.36. The van der Waals surface area contributed by atoms with Crippen molar-refractivity contribution in [3.8, 4) is 11.5 Å². The third kappa shape index (κ3) is 11.3. The van der Waals surface area contributed by atoms with E-state index in [4.69, 9.17) is 14.2 Å². The lowest BCUT2D eigenvalue weighted by Crippen LogP contribution is -2.53. The highest BCUT2D eigenvalue weighted by Crippen LogP contribution is 2.25. The van der Waals surface area contributed by atoms with E-state index in [-0.39, 0.29) is 61.9 Å². The Labute approximate surface area is 284 Å². The van der Waals surface area contributed by atoms with Gasteiger partial charge in [0.25, 0.3) is 11.6 Å². The zero-order valence-corrected chi connectivity index (χ0v) is 27.5. The highest BCUT2D eigenvalue weighted by molar-refractivity contribution is 6.00. The van der Waals surface area contributed by atoms with Crippen LogP contribution in [0.2, 0.25) is 0 Å². The molecule has 0 aliphatic rings. The normalized spacial score (nSPS) is 11.6. The van der Waals surface area contributed by atoms with Crippen molar-refractivity contribution in [2.24, 2.45) is 0 Å². The standard InChI is InChI=1S/C36H40N4O9/c1-5-20-39(24-26-12-15-28(47-3)16-13-26)33(41)19-17-30(36(44)48-4)37-35(43)31(22-25-10-8-7-9-11-25)38-34(42)29-23-27(40(45)46)14-18-32(29)49-21-6-2/h5-16,18,23,30-31H,1-2,17,19-22,24H2,3-4H3,(H,37,43)(H,38,42)/t30-,31?/m0/s1. The lowest BCUT2D eigenvalue weighted by molar-refractivity contribution is -0.384. The van der Waals surface area contributed by atoms with Crippen LogP contribution in [0.5, 0.6) is 11.5 Å². The van der Waals surface area contributed by atoms with Crippen molar-refractivity contribution in [3.05, 3.63) is 125 Å². The van der Waals surface area contributed by atoms with Crippen LogP contribution in [0, 0.1) is 10.1 Å². The van der Waals surface area contributed by atoms with Crippen LogP contribution in [0.3, 0.4) is 0 Å². The summed E-state index contributed by atoms with van der Waals surface area (Å²) >= 11 is 0. The minimum atomic E-state index is -1.24. The Bertz CT molecular complexity index is 1630. The number of carbonyl (C=O) groups excluding carboxylic acids is 4. The average molecular weight is 673 g/mol. The molecule has 2 atom stereocenters. The van der Waals surface area contributed by atoms with E-state index < -0.39 is 34.8 Å². The van der Waals surface area contributed by atoms with Gasteiger partial charge in [-0.05, 0) is 35.7 Å². The maximum absolute atomic E-state index is 13.7. The quantitative estimate of drug-likeness (QED) is 0.0823. The van der Waals surface area contributed by atoms with Gasteiger partial charge >= 0.3 is 5.97 Å². The van der Waals surface area contributed by atoms with Crippen LogP contribution in [0.25, 0.3) is 0 Å². The molecule has 0 aromatic heterocycles. The first-order valence-corrected chi connectivity index (χ1v) is 15.4. The summed E-state index contributed by atoms with van der Waals surface area (Å²) in [5.41, 5.74) is 1.02. The molecule has 0 radical (unpaired) electrons. The zero-order chi connectivity index (χ0) is 35.8. The van der Waals surface area contributed by atoms with Crippen LogP contribution in [0.1, 0.15) is 34.3 Å². The number of nitrogens with one attached hydrogen (secondary N) is 2. The number of hydrogen-bond acceptors (Lipinski definition) is 9. The maximum atomic E-state index is 13.7. The summed E-state index contributed by atoms with van der Waals surface area (Å²) in [6.07, 6.45) is 2.84. The van der Waals surface area contributed by atoms with E-state index in [2.05, 4.69) is 23.8 Å². The molecular weight excluding hydrogens is 632 g/mol. The molecule has 0 saturated carbocycles. The van der Waals surface area contributed by atoms with Gasteiger partial charge in [0.05, 0.1) is 24.7 Å². The number of non-ortho nitro benzene ring substituents is 1. The van der Waals surface area contributed by atoms with E-state index in [0.717, 1.165) is 18.7 Å². The van der Waals surface area contributed by atoms with Crippen LogP contribution >= 0.6 is 0 Å². The molecule has 1 unspecified atom stereocenters. The predicted octanol–water partition coefficient (Wildman–Crippen LogP) is 4.16. The summed E-state index contributed by atoms with van der Waals surface area (Å²) in [6, 6.07) is 17.1. The lowest BCUT2D eigenvalue weighted by atomic mass is 10.0. The summed E-state index contributed by atoms with van der Waals surface area (Å²) in [6.45, 7) is 7.87. The van der Waals surface area contributed by atoms with Crippen molar-refractivity contribution >= 4 is 29.4 Å². The molecule has 3 aromatic carbocycles. The summed E-state index contributed by atoms with van der Waals surface area (Å²) in [4.78, 5) is 65.8. The number of nitro benzene ring substituents is 1. The molecule has 3 aromatic rings. The second-order valence-corrected chi connectivity index (χ2v) is 10.8. The number of rotatable bonds is 19. The number of nitro groups is 1. The summed E-state index contributed by atoms with van der Waals surface area (Å²) in [7, 11) is 2.72. The first-order valence-electron chi connectivity index (χ1n) is 15.4. The lowest BCUT2D eigenvalue weighted by Gasteiger charge is -2.24. The topological polar surface area (TPSA) is 166 Å². The van der Waals surface area contributed by atoms with E-state index in [1.165, 1.54) is 18.2 Å². The molecule has 0 bridgehead atoms. The third-order valence-electron chi connectivity index (χ3n) is 7.36. The second-order valence-electron chi connectivity index (χ2n) is 10.8. The zero-order valence-electron chi connectivity index (χ0n) is 27.5. The van der Waals surface area contributed by atoms with Crippen LogP contribution in [0.15, 0.2) is 98.1 Å². The number of carbonyl (C=O) groups is 4. The van der Waals surface area contributed by atoms with Crippen molar-refractivity contribution in [1.82, 2.24) is 15.5 Å². The van der Waals surface area contributed by atoms with Gasteiger partial charge in [0.2, 0.25) is 11.8 Å². The number of benzene rings is 3. The van der Waals surface area contributed by atoms with Gasteiger partial charge in [0.15, 0.2) is 0 Å². The Morgan fingerprint density at radius 3 is 2.24 bits per heavy atom. The van der Waals surface area contributed by atoms with Gasteiger partial charge < -0.3 is 29.7 Å². The van der Waals surface area contributed by atoms with Gasteiger partial charge in [-0.1, -0.05) is 61.2 Å². The summed E-state index contributed by atoms with van der Waals surface area (Å²) < 4.78 is 15.7. The van der Waals surface area contributed by atoms with Crippen molar-refractivity contribution in [2.75, 3.05) is 27.4 Å². The van der Waals surface area contributed by atoms with Crippen LogP contribution in [-0.2, 0) is 32.1 Å². The molecule has 2 N–H and O–H groups in total. The number of ether oxygens (including phenoxy) is 3. The smallest absolute Gasteiger partial charge is 0.328 e. The predicted molar refractivity (Wildman–Crippen MR) is 182 cm³/mol. The molecule has 3 rings (SSSR count). The fourth-order valence-electron chi connectivity index (χ4n) is 4.83. The van der Waals surface area contributed by atoms with Crippen LogP contribution in [-0.4, -0.2) is 73.0 Å². The Balaban J connectivity index is 1.81. The Morgan fingerprint density at radius 2 is 1.63 bits per heavy atom. The molecule has 0 fully saturated rings. The average Bonchev–Trinajstić information content (AvgIpc) is 3.11. The van der Waals surface area contributed by atoms with Crippen molar-refractivity contribution in [1.29, 1.82) is 0 Å². The molecule has 13 heteroatoms. The Hall–Kier alpha value is -5.98. The van der Waals surface area contributed by atoms with Gasteiger partial charge in [0, 0.05) is 38.1 Å². The Kier molecular flexibility index (Phi) is 14.5. The van der Waals surface area contributed by atoms with Gasteiger partial charge in [0.1, 0.15) is 30.2 Å². The van der Waals surface area contributed by atoms with Gasteiger partial charge in [-0.3, -0.25) is 24.5 Å². The molecule has 13 nitrogen and oxygen atoms in total. The molecule has 3 amide bonds. The number of hydrogen-bond donors (Lipinski definition) is 2. The molecule has 0 saturated heterocycles. The SMILES string of the molecule is C=CCOc1ccc([N+](=O)[O-])cc1C(=O)NC(Cc1ccccc1)C(=O)N[C@@H](CCC(=O)N(CC=C)Cc1ccc(OC)cc1)C(=O)OC. The highest BCUT2D eigenvalue weighted by atomic mass is 16.6. The second kappa shape index (κ2) is 19.0. The van der Waals surface area contributed by atoms with Crippen molar-refractivity contribution < 1.29 is 38.3 Å². The molecule has 0 aliphatic heterocycles. The largest absolute Gasteiger partial charge is 0.497 e. The molecule has 0 aliphatic carbocycles. The first-order chi connectivity index (χ1) is 23.6. The number of amides is 3. The number of nitrogens with zero attached hydrogens (tertiary/aromatic N) is 2. The fourth-order valence-corrected chi connectivity index (χ4v) is 4.83. The van der Waals surface area contributed by atoms with E-state index >= 15 is 0 Å². The van der Waals surface area contributed by atoms with Gasteiger partial charge in [-0.2, -0.15) is 0 Å². The molecular formula is C36H40N4O9. The molecule has 49 heavy (non-hydrogen) atoms. The summed E-state index contributed by atoms with van der Waals surface area (Å²) in [5, 5.41) is 16.7. The highest BCUT2D eigenvalue weighted by Gasteiger charge is 2.30. The van der Waals surface area contributed by atoms with Crippen LogP contribution < -0.4 is 20.1 Å². The van der Waals surface area contributed by atoms with Crippen LogP contribution in [0.4, 0.5) is 5.69 Å². The van der Waals surface area contributed by atoms with E-state index in [9.17, 15) is 29.3 Å². The van der Waals surface area contributed by atoms with Crippen molar-refractivity contribution in [2.45, 2.75) is 37.9 Å².